The average molecular weight is 527 g/mol. The second kappa shape index (κ2) is 10.9. The van der Waals surface area contributed by atoms with Gasteiger partial charge in [0.2, 0.25) is 0 Å². The van der Waals surface area contributed by atoms with E-state index < -0.39 is 0 Å². The first-order valence-electron chi connectivity index (χ1n) is 13.6. The topological polar surface area (TPSA) is 54.5 Å². The van der Waals surface area contributed by atoms with Gasteiger partial charge in [0.25, 0.3) is 0 Å². The van der Waals surface area contributed by atoms with E-state index in [2.05, 4.69) is 111 Å². The number of hydrogen-bond acceptors (Lipinski definition) is 3. The van der Waals surface area contributed by atoms with E-state index in [9.17, 15) is 0 Å². The normalized spacial score (nSPS) is 10.9. The minimum Gasteiger partial charge on any atom is -0.345 e. The Labute approximate surface area is 237 Å². The number of aromatic nitrogens is 4. The predicted molar refractivity (Wildman–Crippen MR) is 172 cm³/mol. The summed E-state index contributed by atoms with van der Waals surface area (Å²) in [6.45, 7) is 0. The number of nitrogens with one attached hydrogen (secondary N) is 1. The SMILES string of the molecule is c1ccc2[nH]cnc2c1.c1ccc2c(c1)c1ccccc1c1ccccc21.c1cnc2c(c1)ccc1ncccc12. The summed E-state index contributed by atoms with van der Waals surface area (Å²) in [6.07, 6.45) is 5.32. The highest BCUT2D eigenvalue weighted by molar-refractivity contribution is 6.25. The zero-order valence-corrected chi connectivity index (χ0v) is 22.3. The number of imidazole rings is 1. The van der Waals surface area contributed by atoms with E-state index in [1.165, 1.54) is 32.3 Å². The average Bonchev–Trinajstić information content (AvgIpc) is 3.55. The number of hydrogen-bond donors (Lipinski definition) is 1. The summed E-state index contributed by atoms with van der Waals surface area (Å²) in [4.78, 5) is 15.7. The minimum absolute atomic E-state index is 0.999. The molecule has 0 saturated heterocycles. The molecule has 0 bridgehead atoms. The number of nitrogens with zero attached hydrogens (tertiary/aromatic N) is 3. The quantitative estimate of drug-likeness (QED) is 0.200. The summed E-state index contributed by atoms with van der Waals surface area (Å²) in [5.74, 6) is 0. The van der Waals surface area contributed by atoms with Gasteiger partial charge in [0.1, 0.15) is 0 Å². The molecule has 9 aromatic rings. The molecule has 0 aliphatic carbocycles. The van der Waals surface area contributed by atoms with Crippen LogP contribution in [0.25, 0.3) is 65.2 Å². The van der Waals surface area contributed by atoms with Crippen LogP contribution in [0.3, 0.4) is 0 Å². The lowest BCUT2D eigenvalue weighted by Crippen LogP contribution is -1.82. The van der Waals surface area contributed by atoms with Crippen LogP contribution in [0.15, 0.2) is 152 Å². The third-order valence-electron chi connectivity index (χ3n) is 7.33. The van der Waals surface area contributed by atoms with Crippen molar-refractivity contribution >= 4 is 65.2 Å². The maximum Gasteiger partial charge on any atom is 0.0931 e. The zero-order chi connectivity index (χ0) is 27.4. The van der Waals surface area contributed by atoms with Crippen LogP contribution >= 0.6 is 0 Å². The number of fused-ring (bicyclic) bond motifs is 10. The molecule has 3 heterocycles. The molecule has 0 fully saturated rings. The molecule has 194 valence electrons. The lowest BCUT2D eigenvalue weighted by molar-refractivity contribution is 1.34. The van der Waals surface area contributed by atoms with Gasteiger partial charge in [-0.15, -0.1) is 0 Å². The number of aromatic amines is 1. The predicted octanol–water partition coefficient (Wildman–Crippen LogP) is 9.49. The van der Waals surface area contributed by atoms with E-state index in [4.69, 9.17) is 0 Å². The van der Waals surface area contributed by atoms with Crippen molar-refractivity contribution in [2.24, 2.45) is 0 Å². The molecule has 41 heavy (non-hydrogen) atoms. The monoisotopic (exact) mass is 526 g/mol. The molecule has 0 unspecified atom stereocenters. The molecule has 0 amide bonds. The third-order valence-corrected chi connectivity index (χ3v) is 7.33. The van der Waals surface area contributed by atoms with Crippen molar-refractivity contribution in [3.05, 3.63) is 152 Å². The van der Waals surface area contributed by atoms with Crippen molar-refractivity contribution in [2.75, 3.05) is 0 Å². The highest BCUT2D eigenvalue weighted by Crippen LogP contribution is 2.34. The van der Waals surface area contributed by atoms with E-state index >= 15 is 0 Å². The highest BCUT2D eigenvalue weighted by Gasteiger charge is 2.06. The molecule has 0 saturated carbocycles. The minimum atomic E-state index is 0.999. The Morgan fingerprint density at radius 1 is 0.366 bits per heavy atom. The van der Waals surface area contributed by atoms with Crippen LogP contribution in [-0.2, 0) is 0 Å². The summed E-state index contributed by atoms with van der Waals surface area (Å²) in [7, 11) is 0. The standard InChI is InChI=1S/C18H12.C12H8N2.C7H6N2/c1-2-8-14-13(7-1)15-9-3-4-11-17(15)18-12-6-5-10-16(14)18;1-3-9-5-6-11-10(4-2-7-13-11)12(9)14-8-1;1-2-4-7-6(3-1)8-5-9-7/h1-12H;1-8H;1-5H,(H,8,9). The maximum atomic E-state index is 4.37. The van der Waals surface area contributed by atoms with Crippen LogP contribution in [-0.4, -0.2) is 19.9 Å². The number of benzene rings is 6. The fourth-order valence-electron chi connectivity index (χ4n) is 5.43. The molecule has 4 heteroatoms. The van der Waals surface area contributed by atoms with E-state index in [0.29, 0.717) is 0 Å². The van der Waals surface area contributed by atoms with Gasteiger partial charge in [0.15, 0.2) is 0 Å². The van der Waals surface area contributed by atoms with Gasteiger partial charge in [-0.2, -0.15) is 0 Å². The van der Waals surface area contributed by atoms with Gasteiger partial charge in [0, 0.05) is 23.2 Å². The molecule has 3 aromatic heterocycles. The van der Waals surface area contributed by atoms with E-state index in [0.717, 1.165) is 32.8 Å². The molecule has 0 aliphatic heterocycles. The van der Waals surface area contributed by atoms with Gasteiger partial charge in [0.05, 0.1) is 28.4 Å². The summed E-state index contributed by atoms with van der Waals surface area (Å²) >= 11 is 0. The van der Waals surface area contributed by atoms with Gasteiger partial charge in [-0.25, -0.2) is 4.98 Å². The lowest BCUT2D eigenvalue weighted by atomic mass is 9.95. The first-order chi connectivity index (χ1) is 20.4. The van der Waals surface area contributed by atoms with Crippen LogP contribution in [0.5, 0.6) is 0 Å². The molecule has 4 nitrogen and oxygen atoms in total. The Hall–Kier alpha value is -5.61. The Kier molecular flexibility index (Phi) is 6.48. The van der Waals surface area contributed by atoms with Crippen LogP contribution in [0, 0.1) is 0 Å². The van der Waals surface area contributed by atoms with Crippen molar-refractivity contribution in [1.82, 2.24) is 19.9 Å². The van der Waals surface area contributed by atoms with Gasteiger partial charge in [-0.05, 0) is 68.7 Å². The number of para-hydroxylation sites is 2. The fraction of sp³-hybridized carbons (Fsp3) is 0. The number of rotatable bonds is 0. The molecule has 0 aliphatic rings. The summed E-state index contributed by atoms with van der Waals surface area (Å²) in [6, 6.07) is 46.0. The van der Waals surface area contributed by atoms with Gasteiger partial charge >= 0.3 is 0 Å². The molecular weight excluding hydrogens is 500 g/mol. The molecule has 0 spiro atoms. The maximum absolute atomic E-state index is 4.37. The highest BCUT2D eigenvalue weighted by atomic mass is 14.9. The first-order valence-corrected chi connectivity index (χ1v) is 13.6. The molecule has 1 N–H and O–H groups in total. The van der Waals surface area contributed by atoms with Crippen molar-refractivity contribution in [3.8, 4) is 0 Å². The van der Waals surface area contributed by atoms with E-state index in [1.54, 1.807) is 12.5 Å². The molecule has 9 rings (SSSR count). The van der Waals surface area contributed by atoms with E-state index in [-0.39, 0.29) is 0 Å². The van der Waals surface area contributed by atoms with Crippen molar-refractivity contribution in [1.29, 1.82) is 0 Å². The number of pyridine rings is 2. The molecule has 6 aromatic carbocycles. The second-order valence-corrected chi connectivity index (χ2v) is 9.77. The third kappa shape index (κ3) is 4.72. The molecule has 0 radical (unpaired) electrons. The van der Waals surface area contributed by atoms with Crippen LogP contribution in [0.4, 0.5) is 0 Å². The zero-order valence-electron chi connectivity index (χ0n) is 22.3. The first kappa shape index (κ1) is 24.4. The smallest absolute Gasteiger partial charge is 0.0931 e. The van der Waals surface area contributed by atoms with Gasteiger partial charge in [-0.3, -0.25) is 9.97 Å². The van der Waals surface area contributed by atoms with Crippen LogP contribution in [0.1, 0.15) is 0 Å². The Morgan fingerprint density at radius 2 is 0.878 bits per heavy atom. The molecule has 0 atom stereocenters. The number of H-pyrrole nitrogens is 1. The Balaban J connectivity index is 0.000000107. The van der Waals surface area contributed by atoms with Gasteiger partial charge < -0.3 is 4.98 Å². The summed E-state index contributed by atoms with van der Waals surface area (Å²) in [5.41, 5.74) is 4.15. The fourth-order valence-corrected chi connectivity index (χ4v) is 5.43. The van der Waals surface area contributed by atoms with Crippen LogP contribution in [0.2, 0.25) is 0 Å². The van der Waals surface area contributed by atoms with E-state index in [1.807, 2.05) is 48.7 Å². The van der Waals surface area contributed by atoms with Crippen molar-refractivity contribution < 1.29 is 0 Å². The Bertz CT molecular complexity index is 1980. The largest absolute Gasteiger partial charge is 0.345 e. The summed E-state index contributed by atoms with van der Waals surface area (Å²) in [5, 5.41) is 10.3. The Morgan fingerprint density at radius 3 is 1.49 bits per heavy atom. The summed E-state index contributed by atoms with van der Waals surface area (Å²) < 4.78 is 0. The second-order valence-electron chi connectivity index (χ2n) is 9.77. The van der Waals surface area contributed by atoms with Crippen molar-refractivity contribution in [3.63, 3.8) is 0 Å². The lowest BCUT2D eigenvalue weighted by Gasteiger charge is -2.09. The van der Waals surface area contributed by atoms with Gasteiger partial charge in [-0.1, -0.05) is 97.1 Å². The van der Waals surface area contributed by atoms with Crippen LogP contribution < -0.4 is 0 Å². The van der Waals surface area contributed by atoms with Crippen molar-refractivity contribution in [2.45, 2.75) is 0 Å². The molecular formula is C37H26N4.